The summed E-state index contributed by atoms with van der Waals surface area (Å²) >= 11 is 0. The molecule has 0 bridgehead atoms. The monoisotopic (exact) mass is 363 g/mol. The molecule has 1 aliphatic heterocycles. The number of hydrogen-bond acceptors (Lipinski definition) is 4. The summed E-state index contributed by atoms with van der Waals surface area (Å²) in [7, 11) is 0. The Bertz CT molecular complexity index is 1070. The van der Waals surface area contributed by atoms with Crippen molar-refractivity contribution in [1.82, 2.24) is 4.98 Å². The number of pyridine rings is 1. The second-order valence-corrected chi connectivity index (χ2v) is 7.67. The summed E-state index contributed by atoms with van der Waals surface area (Å²) in [6, 6.07) is 6.31. The molecule has 0 radical (unpaired) electrons. The van der Waals surface area contributed by atoms with Gasteiger partial charge in [0.25, 0.3) is 0 Å². The number of aromatic nitrogens is 1. The van der Waals surface area contributed by atoms with Crippen molar-refractivity contribution < 1.29 is 14.1 Å². The van der Waals surface area contributed by atoms with Crippen LogP contribution < -0.4 is 15.3 Å². The van der Waals surface area contributed by atoms with Crippen molar-refractivity contribution in [1.29, 1.82) is 0 Å². The Kier molecular flexibility index (Phi) is 3.97. The predicted molar refractivity (Wildman–Crippen MR) is 102 cm³/mol. The number of rotatable bonds is 2. The van der Waals surface area contributed by atoms with Crippen molar-refractivity contribution in [2.75, 3.05) is 6.73 Å². The van der Waals surface area contributed by atoms with Gasteiger partial charge in [-0.05, 0) is 56.4 Å². The Morgan fingerprint density at radius 1 is 1.15 bits per heavy atom. The molecular formula is C22H23N2O3+. The Morgan fingerprint density at radius 3 is 2.74 bits per heavy atom. The van der Waals surface area contributed by atoms with E-state index in [0.29, 0.717) is 12.3 Å². The molecule has 138 valence electrons. The summed E-state index contributed by atoms with van der Waals surface area (Å²) in [6.45, 7) is 4.42. The summed E-state index contributed by atoms with van der Waals surface area (Å²) < 4.78 is 11.8. The topological polar surface area (TPSA) is 56.8 Å². The summed E-state index contributed by atoms with van der Waals surface area (Å²) in [5.74, 6) is 0.889. The van der Waals surface area contributed by atoms with Crippen LogP contribution in [-0.2, 0) is 25.9 Å². The van der Waals surface area contributed by atoms with Crippen LogP contribution in [0.4, 0.5) is 0 Å². The molecule has 2 aromatic heterocycles. The minimum Gasteiger partial charge on any atom is -0.444 e. The van der Waals surface area contributed by atoms with Crippen LogP contribution in [0.15, 0.2) is 39.8 Å². The molecule has 0 saturated heterocycles. The van der Waals surface area contributed by atoms with Crippen LogP contribution in [0.1, 0.15) is 40.7 Å². The van der Waals surface area contributed by atoms with Gasteiger partial charge in [-0.3, -0.25) is 9.88 Å². The van der Waals surface area contributed by atoms with Crippen LogP contribution in [0.25, 0.3) is 11.0 Å². The fraction of sp³-hybridized carbons (Fsp3) is 0.364. The number of nitrogens with zero attached hydrogens (tertiary/aromatic N) is 1. The normalized spacial score (nSPS) is 18.6. The molecule has 0 amide bonds. The van der Waals surface area contributed by atoms with Gasteiger partial charge in [-0.15, -0.1) is 0 Å². The van der Waals surface area contributed by atoms with E-state index in [4.69, 9.17) is 9.15 Å². The van der Waals surface area contributed by atoms with E-state index >= 15 is 0 Å². The first-order valence-electron chi connectivity index (χ1n) is 9.67. The third-order valence-electron chi connectivity index (χ3n) is 5.83. The zero-order valence-electron chi connectivity index (χ0n) is 15.5. The molecular weight excluding hydrogens is 340 g/mol. The summed E-state index contributed by atoms with van der Waals surface area (Å²) in [6.07, 6.45) is 7.67. The zero-order valence-corrected chi connectivity index (χ0v) is 15.5. The first-order valence-corrected chi connectivity index (χ1v) is 9.67. The maximum Gasteiger partial charge on any atom is 0.339 e. The molecule has 1 aromatic carbocycles. The molecule has 0 spiro atoms. The smallest absolute Gasteiger partial charge is 0.339 e. The molecule has 1 aliphatic carbocycles. The first-order chi connectivity index (χ1) is 13.2. The van der Waals surface area contributed by atoms with Gasteiger partial charge in [-0.25, -0.2) is 4.79 Å². The predicted octanol–water partition coefficient (Wildman–Crippen LogP) is 2.31. The van der Waals surface area contributed by atoms with Gasteiger partial charge in [0.1, 0.15) is 24.4 Å². The van der Waals surface area contributed by atoms with Gasteiger partial charge in [-0.1, -0.05) is 0 Å². The van der Waals surface area contributed by atoms with Gasteiger partial charge < -0.3 is 9.15 Å². The Morgan fingerprint density at radius 2 is 1.93 bits per heavy atom. The van der Waals surface area contributed by atoms with Gasteiger partial charge in [-0.2, -0.15) is 0 Å². The van der Waals surface area contributed by atoms with Crippen molar-refractivity contribution in [2.45, 2.75) is 45.7 Å². The third kappa shape index (κ3) is 2.82. The summed E-state index contributed by atoms with van der Waals surface area (Å²) in [5.41, 5.74) is 6.03. The average molecular weight is 363 g/mol. The fourth-order valence-corrected chi connectivity index (χ4v) is 4.52. The van der Waals surface area contributed by atoms with Gasteiger partial charge in [0.15, 0.2) is 0 Å². The van der Waals surface area contributed by atoms with E-state index in [0.717, 1.165) is 61.0 Å². The van der Waals surface area contributed by atoms with Crippen molar-refractivity contribution in [2.24, 2.45) is 0 Å². The minimum atomic E-state index is -0.166. The lowest BCUT2D eigenvalue weighted by molar-refractivity contribution is -0.945. The highest BCUT2D eigenvalue weighted by atomic mass is 16.5. The Balaban J connectivity index is 1.57. The first kappa shape index (κ1) is 16.5. The maximum absolute atomic E-state index is 12.4. The Labute approximate surface area is 157 Å². The van der Waals surface area contributed by atoms with Gasteiger partial charge >= 0.3 is 5.63 Å². The van der Waals surface area contributed by atoms with Crippen LogP contribution in [0.5, 0.6) is 5.75 Å². The van der Waals surface area contributed by atoms with E-state index in [1.165, 1.54) is 21.6 Å². The molecule has 3 heterocycles. The number of fused-ring (bicyclic) bond motifs is 4. The van der Waals surface area contributed by atoms with Crippen LogP contribution in [-0.4, -0.2) is 11.7 Å². The molecule has 5 rings (SSSR count). The van der Waals surface area contributed by atoms with Gasteiger partial charge in [0, 0.05) is 40.0 Å². The quantitative estimate of drug-likeness (QED) is 0.710. The number of benzene rings is 1. The van der Waals surface area contributed by atoms with Crippen LogP contribution in [0.2, 0.25) is 0 Å². The van der Waals surface area contributed by atoms with Gasteiger partial charge in [0.2, 0.25) is 6.73 Å². The van der Waals surface area contributed by atoms with Crippen molar-refractivity contribution in [3.63, 3.8) is 0 Å². The van der Waals surface area contributed by atoms with E-state index in [9.17, 15) is 4.79 Å². The zero-order chi connectivity index (χ0) is 18.4. The molecule has 27 heavy (non-hydrogen) atoms. The molecule has 1 atom stereocenters. The van der Waals surface area contributed by atoms with E-state index in [2.05, 4.69) is 23.2 Å². The number of nitrogens with one attached hydrogen (secondary N) is 1. The molecule has 2 aliphatic rings. The molecule has 5 heteroatoms. The number of aryl methyl sites for hydroxylation is 2. The van der Waals surface area contributed by atoms with Gasteiger partial charge in [0.05, 0.1) is 0 Å². The lowest BCUT2D eigenvalue weighted by Crippen LogP contribution is -3.10. The van der Waals surface area contributed by atoms with Crippen LogP contribution in [0.3, 0.4) is 0 Å². The number of hydrogen-bond donors (Lipinski definition) is 1. The Hall–Kier alpha value is -2.66. The highest BCUT2D eigenvalue weighted by Crippen LogP contribution is 2.35. The molecule has 3 aromatic rings. The molecule has 5 nitrogen and oxygen atoms in total. The average Bonchev–Trinajstić information content (AvgIpc) is 2.70. The summed E-state index contributed by atoms with van der Waals surface area (Å²) in [5, 5.41) is 1.11. The van der Waals surface area contributed by atoms with E-state index < -0.39 is 0 Å². The van der Waals surface area contributed by atoms with E-state index in [1.807, 2.05) is 19.3 Å². The van der Waals surface area contributed by atoms with E-state index in [-0.39, 0.29) is 5.63 Å². The maximum atomic E-state index is 12.4. The van der Waals surface area contributed by atoms with Crippen molar-refractivity contribution in [3.8, 4) is 5.75 Å². The minimum absolute atomic E-state index is 0.166. The van der Waals surface area contributed by atoms with Crippen molar-refractivity contribution in [3.05, 3.63) is 68.8 Å². The second-order valence-electron chi connectivity index (χ2n) is 7.67. The number of ether oxygens (including phenoxy) is 1. The summed E-state index contributed by atoms with van der Waals surface area (Å²) in [4.78, 5) is 17.9. The molecule has 0 saturated carbocycles. The second kappa shape index (κ2) is 6.50. The SMILES string of the molecule is Cc1c2c(cc3c4c(c(=O)oc13)CCCC4)C[NH+](Cc1ccncc1)CO2. The standard InChI is InChI=1S/C22H22N2O3/c1-14-20-16(12-24(13-26-20)11-15-6-8-23-9-7-15)10-19-17-4-2-3-5-18(17)22(25)27-21(14)19/h6-10H,2-5,11-13H2,1H3/p+1. The highest BCUT2D eigenvalue weighted by Gasteiger charge is 2.27. The molecule has 0 fully saturated rings. The lowest BCUT2D eigenvalue weighted by Gasteiger charge is -2.28. The highest BCUT2D eigenvalue weighted by molar-refractivity contribution is 5.87. The largest absolute Gasteiger partial charge is 0.444 e. The van der Waals surface area contributed by atoms with Crippen LogP contribution >= 0.6 is 0 Å². The molecule has 1 N–H and O–H groups in total. The number of quaternary nitrogens is 1. The third-order valence-corrected chi connectivity index (χ3v) is 5.83. The van der Waals surface area contributed by atoms with E-state index in [1.54, 1.807) is 0 Å². The van der Waals surface area contributed by atoms with Crippen LogP contribution in [0, 0.1) is 6.92 Å². The van der Waals surface area contributed by atoms with Crippen molar-refractivity contribution >= 4 is 11.0 Å². The fourth-order valence-electron chi connectivity index (χ4n) is 4.52. The lowest BCUT2D eigenvalue weighted by atomic mass is 9.89. The molecule has 1 unspecified atom stereocenters.